The predicted molar refractivity (Wildman–Crippen MR) is 200 cm³/mol. The van der Waals surface area contributed by atoms with Gasteiger partial charge in [-0.15, -0.1) is 0 Å². The molecule has 9 rings (SSSR count). The molecule has 0 aliphatic rings. The molecular formula is C45H25N5. The van der Waals surface area contributed by atoms with Gasteiger partial charge in [0.1, 0.15) is 0 Å². The first-order valence-electron chi connectivity index (χ1n) is 16.3. The molecule has 0 atom stereocenters. The van der Waals surface area contributed by atoms with Crippen LogP contribution in [-0.2, 0) is 0 Å². The summed E-state index contributed by atoms with van der Waals surface area (Å²) in [6.07, 6.45) is 0. The van der Waals surface area contributed by atoms with E-state index in [1.54, 1.807) is 0 Å². The van der Waals surface area contributed by atoms with Gasteiger partial charge >= 0.3 is 0 Å². The molecule has 9 aromatic rings. The van der Waals surface area contributed by atoms with E-state index in [0.29, 0.717) is 16.7 Å². The zero-order chi connectivity index (χ0) is 33.8. The molecule has 230 valence electrons. The Balaban J connectivity index is 1.19. The Hall–Kier alpha value is -7.39. The van der Waals surface area contributed by atoms with Crippen LogP contribution in [0.2, 0.25) is 0 Å². The smallest absolute Gasteiger partial charge is 0.0998 e. The minimum absolute atomic E-state index is 0.548. The molecule has 0 saturated heterocycles. The van der Waals surface area contributed by atoms with Crippen molar-refractivity contribution in [3.8, 4) is 51.8 Å². The van der Waals surface area contributed by atoms with Crippen molar-refractivity contribution in [2.24, 2.45) is 0 Å². The third kappa shape index (κ3) is 4.31. The van der Waals surface area contributed by atoms with Gasteiger partial charge in [0, 0.05) is 38.4 Å². The van der Waals surface area contributed by atoms with Gasteiger partial charge < -0.3 is 9.13 Å². The summed E-state index contributed by atoms with van der Waals surface area (Å²) in [5.74, 6) is 0. The lowest BCUT2D eigenvalue weighted by atomic mass is 9.96. The van der Waals surface area contributed by atoms with E-state index in [-0.39, 0.29) is 0 Å². The lowest BCUT2D eigenvalue weighted by Gasteiger charge is -2.15. The second kappa shape index (κ2) is 11.4. The van der Waals surface area contributed by atoms with Crippen molar-refractivity contribution in [2.45, 2.75) is 0 Å². The lowest BCUT2D eigenvalue weighted by Crippen LogP contribution is -1.97. The molecule has 0 radical (unpaired) electrons. The van der Waals surface area contributed by atoms with E-state index < -0.39 is 0 Å². The second-order valence-corrected chi connectivity index (χ2v) is 12.3. The zero-order valence-electron chi connectivity index (χ0n) is 26.7. The molecule has 0 N–H and O–H groups in total. The van der Waals surface area contributed by atoms with Gasteiger partial charge in [0.25, 0.3) is 0 Å². The van der Waals surface area contributed by atoms with E-state index in [2.05, 4.69) is 118 Å². The van der Waals surface area contributed by atoms with Crippen molar-refractivity contribution >= 4 is 43.6 Å². The summed E-state index contributed by atoms with van der Waals surface area (Å²) in [5, 5.41) is 33.9. The van der Waals surface area contributed by atoms with Gasteiger partial charge in [0.05, 0.1) is 62.7 Å². The van der Waals surface area contributed by atoms with Crippen LogP contribution in [0.25, 0.3) is 77.2 Å². The van der Waals surface area contributed by atoms with E-state index >= 15 is 0 Å². The van der Waals surface area contributed by atoms with Crippen LogP contribution in [0, 0.1) is 34.0 Å². The number of hydrogen-bond acceptors (Lipinski definition) is 3. The lowest BCUT2D eigenvalue weighted by molar-refractivity contribution is 1.18. The van der Waals surface area contributed by atoms with Crippen LogP contribution >= 0.6 is 0 Å². The molecule has 50 heavy (non-hydrogen) atoms. The monoisotopic (exact) mass is 635 g/mol. The van der Waals surface area contributed by atoms with E-state index in [1.165, 1.54) is 10.8 Å². The summed E-state index contributed by atoms with van der Waals surface area (Å²) in [5.41, 5.74) is 11.6. The molecule has 0 spiro atoms. The zero-order valence-corrected chi connectivity index (χ0v) is 26.7. The summed E-state index contributed by atoms with van der Waals surface area (Å²) in [7, 11) is 0. The van der Waals surface area contributed by atoms with Gasteiger partial charge in [-0.05, 0) is 77.9 Å². The first-order chi connectivity index (χ1) is 24.7. The van der Waals surface area contributed by atoms with Gasteiger partial charge in [0.15, 0.2) is 0 Å². The Bertz CT molecular complexity index is 2900. The summed E-state index contributed by atoms with van der Waals surface area (Å²) < 4.78 is 4.45. The van der Waals surface area contributed by atoms with Crippen molar-refractivity contribution in [1.82, 2.24) is 9.13 Å². The highest BCUT2D eigenvalue weighted by atomic mass is 15.0. The molecule has 5 heteroatoms. The van der Waals surface area contributed by atoms with Crippen LogP contribution in [0.5, 0.6) is 0 Å². The van der Waals surface area contributed by atoms with Crippen LogP contribution in [0.3, 0.4) is 0 Å². The highest BCUT2D eigenvalue weighted by Gasteiger charge is 2.19. The van der Waals surface area contributed by atoms with Crippen molar-refractivity contribution in [3.05, 3.63) is 168 Å². The van der Waals surface area contributed by atoms with Crippen LogP contribution in [-0.4, -0.2) is 9.13 Å². The minimum atomic E-state index is 0.548. The molecule has 0 saturated carbocycles. The summed E-state index contributed by atoms with van der Waals surface area (Å²) in [6, 6.07) is 57.9. The fourth-order valence-corrected chi connectivity index (χ4v) is 7.44. The van der Waals surface area contributed by atoms with Crippen molar-refractivity contribution in [1.29, 1.82) is 15.8 Å². The third-order valence-corrected chi connectivity index (χ3v) is 9.65. The fraction of sp³-hybridized carbons (Fsp3) is 0. The standard InChI is InChI=1S/C45H25N5/c46-26-29-16-23-43-39(24-29)45-33(28-48)8-7-15-44(45)50(43)40-12-4-1-9-35(40)30-17-19-31(20-18-30)38-25-34(22-21-32(38)27-47)49-41-13-5-2-10-36(41)37-11-3-6-14-42(37)49/h1-25H. The summed E-state index contributed by atoms with van der Waals surface area (Å²) >= 11 is 0. The Kier molecular flexibility index (Phi) is 6.56. The molecule has 0 fully saturated rings. The SMILES string of the molecule is N#Cc1ccc2c(c1)c1c(C#N)cccc1n2-c1ccccc1-c1ccc(-c2cc(-n3c4ccccc4c4ccccc43)ccc2C#N)cc1. The van der Waals surface area contributed by atoms with Crippen molar-refractivity contribution in [3.63, 3.8) is 0 Å². The number of nitriles is 3. The summed E-state index contributed by atoms with van der Waals surface area (Å²) in [4.78, 5) is 0. The number of benzene rings is 7. The molecule has 0 aliphatic heterocycles. The highest BCUT2D eigenvalue weighted by molar-refractivity contribution is 6.13. The van der Waals surface area contributed by atoms with Crippen LogP contribution in [0.15, 0.2) is 152 Å². The van der Waals surface area contributed by atoms with Crippen molar-refractivity contribution in [2.75, 3.05) is 0 Å². The molecule has 5 nitrogen and oxygen atoms in total. The molecular weight excluding hydrogens is 611 g/mol. The Morgan fingerprint density at radius 1 is 0.400 bits per heavy atom. The van der Waals surface area contributed by atoms with Crippen LogP contribution < -0.4 is 0 Å². The second-order valence-electron chi connectivity index (χ2n) is 12.3. The maximum absolute atomic E-state index is 10.2. The molecule has 7 aromatic carbocycles. The molecule has 0 amide bonds. The number of hydrogen-bond donors (Lipinski definition) is 0. The maximum atomic E-state index is 10.2. The van der Waals surface area contributed by atoms with Gasteiger partial charge in [0.2, 0.25) is 0 Å². The third-order valence-electron chi connectivity index (χ3n) is 9.65. The normalized spacial score (nSPS) is 11.1. The van der Waals surface area contributed by atoms with Crippen LogP contribution in [0.1, 0.15) is 16.7 Å². The van der Waals surface area contributed by atoms with E-state index in [4.69, 9.17) is 0 Å². The van der Waals surface area contributed by atoms with E-state index in [9.17, 15) is 15.8 Å². The Morgan fingerprint density at radius 2 is 1.02 bits per heavy atom. The molecule has 2 aromatic heterocycles. The van der Waals surface area contributed by atoms with Gasteiger partial charge in [-0.25, -0.2) is 0 Å². The van der Waals surface area contributed by atoms with E-state index in [1.807, 2.05) is 60.7 Å². The van der Waals surface area contributed by atoms with Crippen LogP contribution in [0.4, 0.5) is 0 Å². The van der Waals surface area contributed by atoms with E-state index in [0.717, 1.165) is 66.5 Å². The number of para-hydroxylation sites is 3. The molecule has 2 heterocycles. The van der Waals surface area contributed by atoms with Gasteiger partial charge in [-0.1, -0.05) is 84.9 Å². The fourth-order valence-electron chi connectivity index (χ4n) is 7.44. The maximum Gasteiger partial charge on any atom is 0.0998 e. The predicted octanol–water partition coefficient (Wildman–Crippen LogP) is 10.8. The topological polar surface area (TPSA) is 81.2 Å². The highest BCUT2D eigenvalue weighted by Crippen LogP contribution is 2.39. The minimum Gasteiger partial charge on any atom is -0.309 e. The quantitative estimate of drug-likeness (QED) is 0.193. The Labute approximate surface area is 287 Å². The number of fused-ring (bicyclic) bond motifs is 6. The molecule has 0 aliphatic carbocycles. The number of rotatable bonds is 4. The molecule has 0 unspecified atom stereocenters. The van der Waals surface area contributed by atoms with Crippen molar-refractivity contribution < 1.29 is 0 Å². The van der Waals surface area contributed by atoms with Gasteiger partial charge in [-0.3, -0.25) is 0 Å². The number of nitrogens with zero attached hydrogens (tertiary/aromatic N) is 5. The number of aromatic nitrogens is 2. The van der Waals surface area contributed by atoms with Gasteiger partial charge in [-0.2, -0.15) is 15.8 Å². The largest absolute Gasteiger partial charge is 0.309 e. The first kappa shape index (κ1) is 28.8. The first-order valence-corrected chi connectivity index (χ1v) is 16.3. The average molecular weight is 636 g/mol. The molecule has 0 bridgehead atoms. The summed E-state index contributed by atoms with van der Waals surface area (Å²) in [6.45, 7) is 0. The average Bonchev–Trinajstić information content (AvgIpc) is 3.70. The Morgan fingerprint density at radius 3 is 1.72 bits per heavy atom.